The van der Waals surface area contributed by atoms with Gasteiger partial charge in [-0.15, -0.1) is 0 Å². The fraction of sp³-hybridized carbons (Fsp3) is 0.211. The zero-order valence-electron chi connectivity index (χ0n) is 12.4. The molecular weight excluding hydrogens is 256 g/mol. The van der Waals surface area contributed by atoms with Gasteiger partial charge in [0.1, 0.15) is 11.7 Å². The zero-order chi connectivity index (χ0) is 14.4. The van der Waals surface area contributed by atoms with Crippen LogP contribution in [0.3, 0.4) is 0 Å². The molecule has 0 saturated carbocycles. The van der Waals surface area contributed by atoms with Crippen LogP contribution in [0.15, 0.2) is 66.9 Å². The fourth-order valence-electron chi connectivity index (χ4n) is 3.59. The normalized spacial score (nSPS) is 22.3. The van der Waals surface area contributed by atoms with Crippen molar-refractivity contribution in [2.24, 2.45) is 7.05 Å². The zero-order valence-corrected chi connectivity index (χ0v) is 12.4. The molecule has 0 N–H and O–H groups in total. The van der Waals surface area contributed by atoms with E-state index in [4.69, 9.17) is 0 Å². The minimum absolute atomic E-state index is 0.375. The summed E-state index contributed by atoms with van der Waals surface area (Å²) in [6.45, 7) is 2.21. The molecule has 2 aliphatic rings. The Balaban J connectivity index is 1.97. The van der Waals surface area contributed by atoms with Crippen molar-refractivity contribution in [1.82, 2.24) is 0 Å². The molecule has 2 unspecified atom stereocenters. The van der Waals surface area contributed by atoms with Gasteiger partial charge in [0.2, 0.25) is 0 Å². The molecule has 0 amide bonds. The number of para-hydroxylation sites is 1. The average molecular weight is 275 g/mol. The summed E-state index contributed by atoms with van der Waals surface area (Å²) >= 11 is 0. The number of hydrogen-bond donors (Lipinski definition) is 0. The van der Waals surface area contributed by atoms with Crippen LogP contribution in [0.2, 0.25) is 0 Å². The Kier molecular flexibility index (Phi) is 2.71. The van der Waals surface area contributed by atoms with Gasteiger partial charge in [-0.3, -0.25) is 0 Å². The highest BCUT2D eigenvalue weighted by atomic mass is 15.3. The lowest BCUT2D eigenvalue weighted by Crippen LogP contribution is -2.40. The van der Waals surface area contributed by atoms with Crippen LogP contribution in [-0.4, -0.2) is 6.04 Å². The standard InChI is InChI=1S/C19H19N2/c1-14-8-7-10-16-15-9-3-4-11-17(15)21(19(14)16)18-12-5-6-13-20(18)2/h3-13,15,17H,1-2H3/q+1. The molecule has 0 fully saturated rings. The molecule has 21 heavy (non-hydrogen) atoms. The van der Waals surface area contributed by atoms with Gasteiger partial charge in [-0.2, -0.15) is 0 Å². The minimum Gasteiger partial charge on any atom is -0.237 e. The number of aryl methyl sites for hydroxylation is 2. The van der Waals surface area contributed by atoms with Crippen LogP contribution in [-0.2, 0) is 7.05 Å². The van der Waals surface area contributed by atoms with Gasteiger partial charge in [0.15, 0.2) is 0 Å². The number of hydrogen-bond acceptors (Lipinski definition) is 1. The second kappa shape index (κ2) is 4.59. The maximum atomic E-state index is 2.48. The molecule has 2 aromatic rings. The van der Waals surface area contributed by atoms with Gasteiger partial charge in [0, 0.05) is 11.6 Å². The van der Waals surface area contributed by atoms with E-state index in [1.165, 1.54) is 22.6 Å². The molecule has 1 aromatic heterocycles. The largest absolute Gasteiger partial charge is 0.281 e. The van der Waals surface area contributed by atoms with Crippen LogP contribution < -0.4 is 9.47 Å². The molecule has 1 aromatic carbocycles. The van der Waals surface area contributed by atoms with E-state index >= 15 is 0 Å². The minimum atomic E-state index is 0.375. The third-order valence-electron chi connectivity index (χ3n) is 4.55. The number of pyridine rings is 1. The summed E-state index contributed by atoms with van der Waals surface area (Å²) in [6.07, 6.45) is 11.1. The van der Waals surface area contributed by atoms with Crippen molar-refractivity contribution in [3.63, 3.8) is 0 Å². The van der Waals surface area contributed by atoms with E-state index in [-0.39, 0.29) is 0 Å². The van der Waals surface area contributed by atoms with E-state index in [0.717, 1.165) is 0 Å². The first-order chi connectivity index (χ1) is 10.3. The summed E-state index contributed by atoms with van der Waals surface area (Å²) in [5.74, 6) is 1.69. The summed E-state index contributed by atoms with van der Waals surface area (Å²) in [5.41, 5.74) is 4.14. The Morgan fingerprint density at radius 1 is 1.00 bits per heavy atom. The van der Waals surface area contributed by atoms with Crippen molar-refractivity contribution in [2.75, 3.05) is 4.90 Å². The third-order valence-corrected chi connectivity index (χ3v) is 4.55. The van der Waals surface area contributed by atoms with E-state index in [1.807, 2.05) is 0 Å². The van der Waals surface area contributed by atoms with E-state index in [0.29, 0.717) is 12.0 Å². The van der Waals surface area contributed by atoms with Crippen LogP contribution in [0.25, 0.3) is 0 Å². The number of rotatable bonds is 1. The Morgan fingerprint density at radius 3 is 2.71 bits per heavy atom. The predicted molar refractivity (Wildman–Crippen MR) is 85.7 cm³/mol. The van der Waals surface area contributed by atoms with Crippen LogP contribution in [0.4, 0.5) is 11.5 Å². The van der Waals surface area contributed by atoms with Gasteiger partial charge in [-0.05, 0) is 24.6 Å². The highest BCUT2D eigenvalue weighted by Crippen LogP contribution is 2.48. The van der Waals surface area contributed by atoms with Gasteiger partial charge in [0.05, 0.1) is 19.2 Å². The fourth-order valence-corrected chi connectivity index (χ4v) is 3.59. The molecule has 0 spiro atoms. The molecule has 2 heteroatoms. The van der Waals surface area contributed by atoms with E-state index in [2.05, 4.69) is 90.3 Å². The van der Waals surface area contributed by atoms with Crippen molar-refractivity contribution in [2.45, 2.75) is 18.9 Å². The maximum Gasteiger partial charge on any atom is 0.281 e. The maximum absolute atomic E-state index is 2.48. The van der Waals surface area contributed by atoms with Crippen molar-refractivity contribution in [3.8, 4) is 0 Å². The molecule has 0 saturated heterocycles. The lowest BCUT2D eigenvalue weighted by Gasteiger charge is -2.22. The van der Waals surface area contributed by atoms with Crippen LogP contribution in [0.1, 0.15) is 17.0 Å². The molecule has 1 aliphatic heterocycles. The quantitative estimate of drug-likeness (QED) is 0.722. The van der Waals surface area contributed by atoms with E-state index < -0.39 is 0 Å². The molecular formula is C19H19N2+. The van der Waals surface area contributed by atoms with Crippen molar-refractivity contribution in [3.05, 3.63) is 78.0 Å². The Labute approximate surface area is 125 Å². The number of fused-ring (bicyclic) bond motifs is 3. The molecule has 0 radical (unpaired) electrons. The Hall–Kier alpha value is -2.35. The number of anilines is 2. The number of nitrogens with zero attached hydrogens (tertiary/aromatic N) is 2. The highest BCUT2D eigenvalue weighted by molar-refractivity contribution is 5.75. The second-order valence-electron chi connectivity index (χ2n) is 5.84. The molecule has 104 valence electrons. The van der Waals surface area contributed by atoms with E-state index in [1.54, 1.807) is 0 Å². The third kappa shape index (κ3) is 1.75. The van der Waals surface area contributed by atoms with Crippen LogP contribution in [0.5, 0.6) is 0 Å². The van der Waals surface area contributed by atoms with Crippen molar-refractivity contribution >= 4 is 11.5 Å². The summed E-state index contributed by atoms with van der Waals surface area (Å²) < 4.78 is 2.20. The van der Waals surface area contributed by atoms with Gasteiger partial charge in [-0.1, -0.05) is 42.5 Å². The predicted octanol–water partition coefficient (Wildman–Crippen LogP) is 3.55. The first kappa shape index (κ1) is 12.4. The molecule has 2 atom stereocenters. The SMILES string of the molecule is Cc1cccc2c1N(c1cccc[n+]1C)C1C=CC=CC21. The Bertz CT molecular complexity index is 758. The van der Waals surface area contributed by atoms with Crippen LogP contribution in [0, 0.1) is 6.92 Å². The lowest BCUT2D eigenvalue weighted by molar-refractivity contribution is -0.658. The topological polar surface area (TPSA) is 7.12 Å². The molecule has 4 rings (SSSR count). The van der Waals surface area contributed by atoms with Crippen molar-refractivity contribution in [1.29, 1.82) is 0 Å². The monoisotopic (exact) mass is 275 g/mol. The summed E-state index contributed by atoms with van der Waals surface area (Å²) in [7, 11) is 2.11. The second-order valence-corrected chi connectivity index (χ2v) is 5.84. The van der Waals surface area contributed by atoms with Crippen LogP contribution >= 0.6 is 0 Å². The smallest absolute Gasteiger partial charge is 0.237 e. The lowest BCUT2D eigenvalue weighted by atomic mass is 9.91. The Morgan fingerprint density at radius 2 is 1.86 bits per heavy atom. The number of allylic oxidation sites excluding steroid dienone is 2. The number of benzene rings is 1. The summed E-state index contributed by atoms with van der Waals surface area (Å²) in [6, 6.07) is 13.4. The van der Waals surface area contributed by atoms with E-state index in [9.17, 15) is 0 Å². The molecule has 2 heterocycles. The number of aromatic nitrogens is 1. The summed E-state index contributed by atoms with van der Waals surface area (Å²) in [5, 5.41) is 0. The first-order valence-corrected chi connectivity index (χ1v) is 7.46. The first-order valence-electron chi connectivity index (χ1n) is 7.46. The molecule has 1 aliphatic carbocycles. The molecule has 2 nitrogen and oxygen atoms in total. The van der Waals surface area contributed by atoms with Crippen molar-refractivity contribution < 1.29 is 4.57 Å². The van der Waals surface area contributed by atoms with Gasteiger partial charge in [-0.25, -0.2) is 9.47 Å². The van der Waals surface area contributed by atoms with Gasteiger partial charge >= 0.3 is 0 Å². The molecule has 0 bridgehead atoms. The summed E-state index contributed by atoms with van der Waals surface area (Å²) in [4.78, 5) is 2.48. The average Bonchev–Trinajstić information content (AvgIpc) is 2.84. The van der Waals surface area contributed by atoms with Gasteiger partial charge in [0.25, 0.3) is 5.82 Å². The van der Waals surface area contributed by atoms with Gasteiger partial charge < -0.3 is 0 Å². The highest BCUT2D eigenvalue weighted by Gasteiger charge is 2.44.